The molecule has 480 valence electrons. The zero-order valence-electron chi connectivity index (χ0n) is 53.0. The molecule has 9 atom stereocenters. The van der Waals surface area contributed by atoms with Crippen molar-refractivity contribution in [2.75, 3.05) is 13.2 Å². The summed E-state index contributed by atoms with van der Waals surface area (Å²) in [5.74, 6) is -0.703. The van der Waals surface area contributed by atoms with Crippen molar-refractivity contribution in [1.82, 2.24) is 5.32 Å². The molecule has 1 rings (SSSR count). The second-order valence-corrected chi connectivity index (χ2v) is 25.0. The van der Waals surface area contributed by atoms with Crippen LogP contribution in [0.1, 0.15) is 348 Å². The van der Waals surface area contributed by atoms with Crippen molar-refractivity contribution in [1.29, 1.82) is 0 Å². The number of amides is 1. The first-order valence-corrected chi connectivity index (χ1v) is 35.2. The Morgan fingerprint density at radius 2 is 0.741 bits per heavy atom. The zero-order chi connectivity index (χ0) is 58.9. The lowest BCUT2D eigenvalue weighted by Crippen LogP contribution is -2.60. The number of carbonyl (C=O) groups is 1. The fraction of sp³-hybridized carbons (Fsp3) is 0.929. The maximum atomic E-state index is 13.2. The molecule has 11 heteroatoms. The van der Waals surface area contributed by atoms with Gasteiger partial charge in [0.25, 0.3) is 0 Å². The number of allylic oxidation sites excluding steroid dienone is 4. The van der Waals surface area contributed by atoms with Crippen LogP contribution in [0, 0.1) is 0 Å². The van der Waals surface area contributed by atoms with Crippen molar-refractivity contribution in [2.45, 2.75) is 403 Å². The molecule has 81 heavy (non-hydrogen) atoms. The Balaban J connectivity index is 2.22. The molecule has 0 bridgehead atoms. The monoisotopic (exact) mass is 1150 g/mol. The van der Waals surface area contributed by atoms with Gasteiger partial charge in [-0.1, -0.05) is 321 Å². The number of hydrogen-bond donors (Lipinski definition) is 8. The molecule has 1 heterocycles. The Morgan fingerprint density at radius 1 is 0.420 bits per heavy atom. The summed E-state index contributed by atoms with van der Waals surface area (Å²) < 4.78 is 11.2. The summed E-state index contributed by atoms with van der Waals surface area (Å²) in [5, 5.41) is 76.5. The van der Waals surface area contributed by atoms with Gasteiger partial charge in [0.1, 0.15) is 36.6 Å². The van der Waals surface area contributed by atoms with Gasteiger partial charge in [-0.2, -0.15) is 0 Å². The largest absolute Gasteiger partial charge is 0.394 e. The van der Waals surface area contributed by atoms with Crippen molar-refractivity contribution in [3.63, 3.8) is 0 Å². The van der Waals surface area contributed by atoms with E-state index in [1.807, 2.05) is 0 Å². The van der Waals surface area contributed by atoms with Gasteiger partial charge in [0, 0.05) is 0 Å². The molecule has 11 nitrogen and oxygen atoms in total. The van der Waals surface area contributed by atoms with Crippen LogP contribution in [0.2, 0.25) is 0 Å². The Bertz CT molecular complexity index is 1370. The van der Waals surface area contributed by atoms with Gasteiger partial charge < -0.3 is 50.5 Å². The van der Waals surface area contributed by atoms with E-state index >= 15 is 0 Å². The fourth-order valence-corrected chi connectivity index (χ4v) is 11.6. The average Bonchev–Trinajstić information content (AvgIpc) is 3.49. The molecule has 1 amide bonds. The van der Waals surface area contributed by atoms with Crippen LogP contribution in [-0.2, 0) is 14.3 Å². The lowest BCUT2D eigenvalue weighted by Gasteiger charge is -2.40. The standard InChI is InChI=1S/C70H135NO10/c1-3-5-7-9-11-13-15-17-19-21-23-25-27-29-30-31-32-33-34-36-37-39-41-43-45-47-49-51-53-55-57-62(73)65(75)61(60-80-70-68(78)67(77)66(76)64(59-72)81-70)71-69(79)63(74)58-56-54-52-50-48-46-44-42-40-38-35-28-26-24-22-20-18-16-14-12-10-8-6-4-2/h41,43,49,51,61-68,70,72-78H,3-40,42,44-48,50,52-60H2,1-2H3,(H,71,79)/b43-41+,51-49+. The SMILES string of the molecule is CCCCCCCCCCCCCCCCCCCCCCC/C=C/CC/C=C/CCCC(O)C(O)C(COC1OC(CO)C(O)C(O)C1O)NC(=O)C(O)CCCCCCCCCCCCCCCCCCCCCCCCCC. The molecule has 0 radical (unpaired) electrons. The van der Waals surface area contributed by atoms with Gasteiger partial charge >= 0.3 is 0 Å². The number of aliphatic hydroxyl groups is 7. The summed E-state index contributed by atoms with van der Waals surface area (Å²) in [7, 11) is 0. The first-order valence-electron chi connectivity index (χ1n) is 35.2. The Labute approximate surface area is 499 Å². The summed E-state index contributed by atoms with van der Waals surface area (Å²) in [6.45, 7) is 3.50. The molecule has 1 aliphatic rings. The number of ether oxygens (including phenoxy) is 2. The predicted molar refractivity (Wildman–Crippen MR) is 339 cm³/mol. The highest BCUT2D eigenvalue weighted by Crippen LogP contribution is 2.24. The van der Waals surface area contributed by atoms with Crippen LogP contribution < -0.4 is 5.32 Å². The van der Waals surface area contributed by atoms with E-state index in [9.17, 15) is 40.5 Å². The Kier molecular flexibility index (Phi) is 56.5. The predicted octanol–water partition coefficient (Wildman–Crippen LogP) is 16.8. The molecule has 0 aromatic carbocycles. The minimum atomic E-state index is -1.67. The van der Waals surface area contributed by atoms with Crippen molar-refractivity contribution in [3.05, 3.63) is 24.3 Å². The number of nitrogens with one attached hydrogen (secondary N) is 1. The van der Waals surface area contributed by atoms with E-state index in [0.717, 1.165) is 38.5 Å². The highest BCUT2D eigenvalue weighted by Gasteiger charge is 2.44. The first-order chi connectivity index (χ1) is 39.7. The number of carbonyl (C=O) groups excluding carboxylic acids is 1. The summed E-state index contributed by atoms with van der Waals surface area (Å²) in [6, 6.07) is -1.19. The van der Waals surface area contributed by atoms with Crippen LogP contribution in [0.4, 0.5) is 0 Å². The number of aliphatic hydroxyl groups excluding tert-OH is 7. The topological polar surface area (TPSA) is 189 Å². The molecular weight excluding hydrogens is 1010 g/mol. The van der Waals surface area contributed by atoms with Crippen molar-refractivity contribution in [2.24, 2.45) is 0 Å². The number of rotatable bonds is 62. The number of hydrogen-bond acceptors (Lipinski definition) is 10. The second-order valence-electron chi connectivity index (χ2n) is 25.0. The van der Waals surface area contributed by atoms with Crippen molar-refractivity contribution < 1.29 is 50.0 Å². The van der Waals surface area contributed by atoms with Crippen LogP contribution >= 0.6 is 0 Å². The second kappa shape index (κ2) is 58.9. The van der Waals surface area contributed by atoms with E-state index in [-0.39, 0.29) is 12.8 Å². The zero-order valence-corrected chi connectivity index (χ0v) is 53.0. The normalized spacial score (nSPS) is 19.2. The van der Waals surface area contributed by atoms with E-state index in [1.54, 1.807) is 0 Å². The van der Waals surface area contributed by atoms with E-state index in [2.05, 4.69) is 43.5 Å². The number of unbranched alkanes of at least 4 members (excludes halogenated alkanes) is 46. The van der Waals surface area contributed by atoms with E-state index in [0.29, 0.717) is 19.3 Å². The third kappa shape index (κ3) is 46.5. The summed E-state index contributed by atoms with van der Waals surface area (Å²) >= 11 is 0. The molecule has 1 fully saturated rings. The lowest BCUT2D eigenvalue weighted by molar-refractivity contribution is -0.303. The minimum absolute atomic E-state index is 0.249. The van der Waals surface area contributed by atoms with Gasteiger partial charge in [-0.05, 0) is 51.4 Å². The molecule has 1 aliphatic heterocycles. The van der Waals surface area contributed by atoms with Gasteiger partial charge in [0.05, 0.1) is 25.4 Å². The van der Waals surface area contributed by atoms with Crippen LogP contribution in [0.15, 0.2) is 24.3 Å². The molecule has 0 saturated carbocycles. The van der Waals surface area contributed by atoms with Crippen LogP contribution in [0.3, 0.4) is 0 Å². The Morgan fingerprint density at radius 3 is 1.10 bits per heavy atom. The minimum Gasteiger partial charge on any atom is -0.394 e. The van der Waals surface area contributed by atoms with Gasteiger partial charge in [-0.25, -0.2) is 0 Å². The highest BCUT2D eigenvalue weighted by molar-refractivity contribution is 5.80. The summed E-state index contributed by atoms with van der Waals surface area (Å²) in [5.41, 5.74) is 0. The van der Waals surface area contributed by atoms with Crippen LogP contribution in [0.25, 0.3) is 0 Å². The fourth-order valence-electron chi connectivity index (χ4n) is 11.6. The first kappa shape index (κ1) is 77.6. The maximum Gasteiger partial charge on any atom is 0.249 e. The van der Waals surface area contributed by atoms with Gasteiger partial charge in [-0.3, -0.25) is 4.79 Å². The summed E-state index contributed by atoms with van der Waals surface area (Å²) in [4.78, 5) is 13.2. The van der Waals surface area contributed by atoms with Gasteiger partial charge in [0.2, 0.25) is 5.91 Å². The van der Waals surface area contributed by atoms with E-state index in [1.165, 1.54) is 263 Å². The molecule has 0 aromatic rings. The quantitative estimate of drug-likeness (QED) is 0.0215. The molecule has 0 aliphatic carbocycles. The molecule has 0 spiro atoms. The van der Waals surface area contributed by atoms with E-state index < -0.39 is 74.2 Å². The third-order valence-electron chi connectivity index (χ3n) is 17.2. The lowest BCUT2D eigenvalue weighted by atomic mass is 9.98. The van der Waals surface area contributed by atoms with Gasteiger partial charge in [-0.15, -0.1) is 0 Å². The molecule has 9 unspecified atom stereocenters. The average molecular weight is 1150 g/mol. The third-order valence-corrected chi connectivity index (χ3v) is 17.2. The molecular formula is C70H135NO10. The highest BCUT2D eigenvalue weighted by atomic mass is 16.7. The van der Waals surface area contributed by atoms with Gasteiger partial charge in [0.15, 0.2) is 6.29 Å². The molecule has 8 N–H and O–H groups in total. The van der Waals surface area contributed by atoms with Crippen LogP contribution in [-0.4, -0.2) is 110 Å². The maximum absolute atomic E-state index is 13.2. The van der Waals surface area contributed by atoms with Crippen LogP contribution in [0.5, 0.6) is 0 Å². The molecule has 0 aromatic heterocycles. The van der Waals surface area contributed by atoms with Crippen molar-refractivity contribution in [3.8, 4) is 0 Å². The molecule has 1 saturated heterocycles. The van der Waals surface area contributed by atoms with E-state index in [4.69, 9.17) is 9.47 Å². The smallest absolute Gasteiger partial charge is 0.249 e. The van der Waals surface area contributed by atoms with Crippen molar-refractivity contribution >= 4 is 5.91 Å². The Hall–Kier alpha value is -1.41. The summed E-state index contributed by atoms with van der Waals surface area (Å²) in [6.07, 6.45) is 62.7.